The van der Waals surface area contributed by atoms with Gasteiger partial charge in [0.2, 0.25) is 0 Å². The summed E-state index contributed by atoms with van der Waals surface area (Å²) in [6.07, 6.45) is 4.23. The summed E-state index contributed by atoms with van der Waals surface area (Å²) in [5.74, 6) is -0.00921. The zero-order valence-electron chi connectivity index (χ0n) is 19.8. The predicted molar refractivity (Wildman–Crippen MR) is 157 cm³/mol. The van der Waals surface area contributed by atoms with Gasteiger partial charge in [-0.3, -0.25) is 0 Å². The number of aryl methyl sites for hydroxylation is 1. The number of fused-ring (bicyclic) bond motifs is 3. The molecule has 2 aliphatic carbocycles. The lowest BCUT2D eigenvalue weighted by molar-refractivity contribution is 0.415. The number of halogens is 5. The van der Waals surface area contributed by atoms with Crippen molar-refractivity contribution >= 4 is 70.2 Å². The van der Waals surface area contributed by atoms with Gasteiger partial charge in [-0.15, -0.1) is 0 Å². The average Bonchev–Trinajstić information content (AvgIpc) is 2.90. The van der Waals surface area contributed by atoms with Gasteiger partial charge in [0.1, 0.15) is 17.2 Å². The van der Waals surface area contributed by atoms with Crippen molar-refractivity contribution in [3.05, 3.63) is 89.8 Å². The fourth-order valence-electron chi connectivity index (χ4n) is 4.61. The molecular weight excluding hydrogens is 590 g/mol. The SMILES string of the molecule is COc1ccc2cc1-c1cc(cc(Cl)c1O)/C=C\c1c(Cl)cc(c(O)c1Cl)-c1cc(Cl)c(O)c(Cl)c1CC2. The van der Waals surface area contributed by atoms with Crippen molar-refractivity contribution in [1.82, 2.24) is 0 Å². The van der Waals surface area contributed by atoms with Gasteiger partial charge in [0.05, 0.1) is 32.2 Å². The van der Waals surface area contributed by atoms with E-state index in [2.05, 4.69) is 0 Å². The maximum atomic E-state index is 11.1. The number of aromatic hydroxyl groups is 3. The summed E-state index contributed by atoms with van der Waals surface area (Å²) in [7, 11) is 1.55. The number of hydrogen-bond donors (Lipinski definition) is 3. The minimum Gasteiger partial charge on any atom is -0.506 e. The van der Waals surface area contributed by atoms with Crippen LogP contribution >= 0.6 is 58.0 Å². The van der Waals surface area contributed by atoms with E-state index in [1.165, 1.54) is 6.07 Å². The Morgan fingerprint density at radius 2 is 1.32 bits per heavy atom. The number of phenolic OH excluding ortho intramolecular Hbond substituents is 3. The highest BCUT2D eigenvalue weighted by Crippen LogP contribution is 2.48. The Kier molecular flexibility index (Phi) is 7.38. The molecule has 0 saturated heterocycles. The van der Waals surface area contributed by atoms with Gasteiger partial charge in [0, 0.05) is 22.3 Å². The van der Waals surface area contributed by atoms with E-state index in [4.69, 9.17) is 62.7 Å². The maximum absolute atomic E-state index is 11.1. The molecule has 4 aromatic rings. The molecule has 4 aromatic carbocycles. The largest absolute Gasteiger partial charge is 0.506 e. The Labute approximate surface area is 244 Å². The molecule has 6 rings (SSSR count). The topological polar surface area (TPSA) is 69.9 Å². The van der Waals surface area contributed by atoms with E-state index in [0.29, 0.717) is 57.5 Å². The lowest BCUT2D eigenvalue weighted by Gasteiger charge is -2.18. The molecule has 0 amide bonds. The van der Waals surface area contributed by atoms with E-state index >= 15 is 0 Å². The normalized spacial score (nSPS) is 13.3. The minimum absolute atomic E-state index is 0.0244. The van der Waals surface area contributed by atoms with Gasteiger partial charge in [-0.1, -0.05) is 76.2 Å². The molecule has 0 unspecified atom stereocenters. The van der Waals surface area contributed by atoms with Gasteiger partial charge < -0.3 is 20.1 Å². The summed E-state index contributed by atoms with van der Waals surface area (Å²) in [6.45, 7) is 0. The second-order valence-corrected chi connectivity index (χ2v) is 10.8. The predicted octanol–water partition coefficient (Wildman–Crippen LogP) is 9.68. The van der Waals surface area contributed by atoms with Crippen molar-refractivity contribution in [3.8, 4) is 45.3 Å². The van der Waals surface area contributed by atoms with Crippen LogP contribution in [0.2, 0.25) is 25.1 Å². The highest BCUT2D eigenvalue weighted by molar-refractivity contribution is 6.40. The van der Waals surface area contributed by atoms with E-state index in [1.807, 2.05) is 18.2 Å². The zero-order valence-corrected chi connectivity index (χ0v) is 23.5. The molecule has 0 aliphatic heterocycles. The van der Waals surface area contributed by atoms with E-state index in [9.17, 15) is 15.3 Å². The Morgan fingerprint density at radius 1 is 0.632 bits per heavy atom. The number of benzene rings is 4. The Bertz CT molecular complexity index is 1650. The summed E-state index contributed by atoms with van der Waals surface area (Å²) >= 11 is 32.5. The van der Waals surface area contributed by atoms with Gasteiger partial charge in [0.25, 0.3) is 0 Å². The van der Waals surface area contributed by atoms with Crippen molar-refractivity contribution in [1.29, 1.82) is 0 Å². The highest BCUT2D eigenvalue weighted by Gasteiger charge is 2.23. The first-order valence-corrected chi connectivity index (χ1v) is 13.3. The van der Waals surface area contributed by atoms with E-state index in [-0.39, 0.29) is 42.4 Å². The van der Waals surface area contributed by atoms with E-state index in [1.54, 1.807) is 37.5 Å². The quantitative estimate of drug-likeness (QED) is 0.201. The van der Waals surface area contributed by atoms with Crippen LogP contribution in [0.1, 0.15) is 22.3 Å². The van der Waals surface area contributed by atoms with Crippen LogP contribution in [-0.4, -0.2) is 22.4 Å². The van der Waals surface area contributed by atoms with Crippen molar-refractivity contribution in [2.45, 2.75) is 12.8 Å². The van der Waals surface area contributed by atoms with Crippen LogP contribution in [0, 0.1) is 0 Å². The third-order valence-corrected chi connectivity index (χ3v) is 8.24. The molecule has 9 heteroatoms. The van der Waals surface area contributed by atoms with Crippen molar-refractivity contribution < 1.29 is 20.1 Å². The molecule has 6 bridgehead atoms. The molecule has 0 saturated carbocycles. The fourth-order valence-corrected chi connectivity index (χ4v) is 5.97. The first-order valence-electron chi connectivity index (χ1n) is 11.4. The summed E-state index contributed by atoms with van der Waals surface area (Å²) in [5.41, 5.74) is 4.43. The number of methoxy groups -OCH3 is 1. The molecule has 3 N–H and O–H groups in total. The first kappa shape index (κ1) is 26.9. The second kappa shape index (κ2) is 10.4. The van der Waals surface area contributed by atoms with Crippen molar-refractivity contribution in [3.63, 3.8) is 0 Å². The number of phenols is 3. The third kappa shape index (κ3) is 4.66. The standard InChI is InChI=1S/C29H19Cl5O4/c1-38-24-7-4-13-2-5-15-17(11-23(32)29(37)25(15)33)20-12-21(30)16(26(34)28(20)36)6-3-14-9-19(18(24)8-13)27(35)22(31)10-14/h3-4,6-12,35-37H,2,5H2,1H3/b6-3-. The van der Waals surface area contributed by atoms with Crippen molar-refractivity contribution in [2.75, 3.05) is 7.11 Å². The maximum Gasteiger partial charge on any atom is 0.153 e. The lowest BCUT2D eigenvalue weighted by atomic mass is 9.91. The lowest BCUT2D eigenvalue weighted by Crippen LogP contribution is -1.99. The van der Waals surface area contributed by atoms with Gasteiger partial charge in [-0.2, -0.15) is 0 Å². The van der Waals surface area contributed by atoms with Gasteiger partial charge in [-0.25, -0.2) is 0 Å². The molecule has 38 heavy (non-hydrogen) atoms. The summed E-state index contributed by atoms with van der Waals surface area (Å²) < 4.78 is 5.58. The zero-order chi connectivity index (χ0) is 27.3. The molecule has 0 heterocycles. The number of ether oxygens (including phenoxy) is 1. The van der Waals surface area contributed by atoms with Crippen molar-refractivity contribution in [2.24, 2.45) is 0 Å². The molecule has 0 fully saturated rings. The van der Waals surface area contributed by atoms with Gasteiger partial charge in [0.15, 0.2) is 5.75 Å². The highest BCUT2D eigenvalue weighted by atomic mass is 35.5. The number of rotatable bonds is 1. The van der Waals surface area contributed by atoms with Crippen LogP contribution in [0.4, 0.5) is 0 Å². The Balaban J connectivity index is 1.84. The van der Waals surface area contributed by atoms with E-state index < -0.39 is 0 Å². The molecule has 0 aromatic heterocycles. The van der Waals surface area contributed by atoms with Gasteiger partial charge in [-0.05, 0) is 71.5 Å². The molecular formula is C29H19Cl5O4. The monoisotopic (exact) mass is 606 g/mol. The Hall–Kier alpha value is -2.73. The molecule has 0 atom stereocenters. The van der Waals surface area contributed by atoms with Crippen LogP contribution in [-0.2, 0) is 12.8 Å². The molecule has 0 radical (unpaired) electrons. The van der Waals surface area contributed by atoms with Crippen LogP contribution in [0.5, 0.6) is 23.0 Å². The summed E-state index contributed by atoms with van der Waals surface area (Å²) in [6, 6.07) is 12.1. The van der Waals surface area contributed by atoms with Crippen LogP contribution in [0.25, 0.3) is 34.4 Å². The summed E-state index contributed by atoms with van der Waals surface area (Å²) in [4.78, 5) is 0. The Morgan fingerprint density at radius 3 is 2.05 bits per heavy atom. The van der Waals surface area contributed by atoms with Gasteiger partial charge >= 0.3 is 0 Å². The minimum atomic E-state index is -0.260. The van der Waals surface area contributed by atoms with Crippen LogP contribution < -0.4 is 4.74 Å². The van der Waals surface area contributed by atoms with Crippen LogP contribution in [0.3, 0.4) is 0 Å². The average molecular weight is 609 g/mol. The smallest absolute Gasteiger partial charge is 0.153 e. The molecule has 194 valence electrons. The van der Waals surface area contributed by atoms with Crippen LogP contribution in [0.15, 0.2) is 42.5 Å². The first-order chi connectivity index (χ1) is 18.1. The number of hydrogen-bond acceptors (Lipinski definition) is 4. The third-order valence-electron chi connectivity index (χ3n) is 6.56. The summed E-state index contributed by atoms with van der Waals surface area (Å²) in [5, 5.41) is 33.0. The van der Waals surface area contributed by atoms with E-state index in [0.717, 1.165) is 5.56 Å². The molecule has 4 nitrogen and oxygen atoms in total. The fraction of sp³-hybridized carbons (Fsp3) is 0.103. The second-order valence-electron chi connectivity index (χ2n) is 8.80. The molecule has 2 aliphatic rings. The molecule has 0 spiro atoms.